The predicted octanol–water partition coefficient (Wildman–Crippen LogP) is 4.46. The van der Waals surface area contributed by atoms with E-state index in [4.69, 9.17) is 10.00 Å². The second-order valence-corrected chi connectivity index (χ2v) is 6.13. The maximum Gasteiger partial charge on any atom is 0.257 e. The standard InChI is InChI=1S/C22H26N2O2/c1-2-3-18-26-21-13-8-7-12-20(21)22(25)24(16-9-15-23)17-14-19-10-5-4-6-11-19/h4-8,10-13H,2-3,9,14,16-18H2,1H3. The molecule has 0 fully saturated rings. The fraction of sp³-hybridized carbons (Fsp3) is 0.364. The average molecular weight is 350 g/mol. The molecule has 0 unspecified atom stereocenters. The Kier molecular flexibility index (Phi) is 8.21. The van der Waals surface area contributed by atoms with Crippen LogP contribution in [0.4, 0.5) is 0 Å². The summed E-state index contributed by atoms with van der Waals surface area (Å²) in [7, 11) is 0. The van der Waals surface area contributed by atoms with Crippen molar-refractivity contribution in [1.82, 2.24) is 4.90 Å². The lowest BCUT2D eigenvalue weighted by atomic mass is 10.1. The molecule has 0 N–H and O–H groups in total. The van der Waals surface area contributed by atoms with Gasteiger partial charge in [-0.25, -0.2) is 0 Å². The van der Waals surface area contributed by atoms with Crippen molar-refractivity contribution in [1.29, 1.82) is 5.26 Å². The molecular weight excluding hydrogens is 324 g/mol. The number of nitriles is 1. The lowest BCUT2D eigenvalue weighted by Crippen LogP contribution is -2.34. The van der Waals surface area contributed by atoms with E-state index in [0.717, 1.165) is 19.3 Å². The SMILES string of the molecule is CCCCOc1ccccc1C(=O)N(CCC#N)CCc1ccccc1. The van der Waals surface area contributed by atoms with Gasteiger partial charge >= 0.3 is 0 Å². The molecule has 0 heterocycles. The van der Waals surface area contributed by atoms with Crippen LogP contribution in [0.2, 0.25) is 0 Å². The van der Waals surface area contributed by atoms with Gasteiger partial charge in [0, 0.05) is 13.1 Å². The summed E-state index contributed by atoms with van der Waals surface area (Å²) < 4.78 is 5.80. The number of carbonyl (C=O) groups is 1. The fourth-order valence-electron chi connectivity index (χ4n) is 2.67. The Hall–Kier alpha value is -2.80. The minimum Gasteiger partial charge on any atom is -0.493 e. The van der Waals surface area contributed by atoms with Gasteiger partial charge in [-0.2, -0.15) is 5.26 Å². The predicted molar refractivity (Wildman–Crippen MR) is 103 cm³/mol. The molecule has 0 radical (unpaired) electrons. The van der Waals surface area contributed by atoms with Crippen molar-refractivity contribution in [3.63, 3.8) is 0 Å². The number of benzene rings is 2. The Labute approximate surface area is 156 Å². The van der Waals surface area contributed by atoms with Crippen molar-refractivity contribution in [3.05, 3.63) is 65.7 Å². The molecule has 0 saturated heterocycles. The van der Waals surface area contributed by atoms with Crippen LogP contribution in [0.15, 0.2) is 54.6 Å². The number of ether oxygens (including phenoxy) is 1. The zero-order chi connectivity index (χ0) is 18.6. The van der Waals surface area contributed by atoms with Crippen molar-refractivity contribution in [2.45, 2.75) is 32.6 Å². The van der Waals surface area contributed by atoms with Crippen LogP contribution in [-0.2, 0) is 6.42 Å². The third-order valence-electron chi connectivity index (χ3n) is 4.17. The topological polar surface area (TPSA) is 53.3 Å². The highest BCUT2D eigenvalue weighted by atomic mass is 16.5. The summed E-state index contributed by atoms with van der Waals surface area (Å²) >= 11 is 0. The largest absolute Gasteiger partial charge is 0.493 e. The molecule has 0 aliphatic heterocycles. The van der Waals surface area contributed by atoms with Gasteiger partial charge in [0.05, 0.1) is 24.7 Å². The van der Waals surface area contributed by atoms with Gasteiger partial charge in [0.2, 0.25) is 0 Å². The van der Waals surface area contributed by atoms with E-state index in [1.54, 1.807) is 11.0 Å². The van der Waals surface area contributed by atoms with E-state index in [9.17, 15) is 4.79 Å². The van der Waals surface area contributed by atoms with Crippen molar-refractivity contribution in [2.24, 2.45) is 0 Å². The second-order valence-electron chi connectivity index (χ2n) is 6.13. The molecule has 4 heteroatoms. The van der Waals surface area contributed by atoms with Gasteiger partial charge in [0.25, 0.3) is 5.91 Å². The van der Waals surface area contributed by atoms with Crippen LogP contribution >= 0.6 is 0 Å². The number of amides is 1. The van der Waals surface area contributed by atoms with Gasteiger partial charge in [0.15, 0.2) is 0 Å². The number of carbonyl (C=O) groups excluding carboxylic acids is 1. The molecular formula is C22H26N2O2. The minimum atomic E-state index is -0.0803. The molecule has 1 amide bonds. The summed E-state index contributed by atoms with van der Waals surface area (Å²) in [6.07, 6.45) is 3.08. The van der Waals surface area contributed by atoms with Crippen LogP contribution in [0.5, 0.6) is 5.75 Å². The third kappa shape index (κ3) is 5.93. The molecule has 2 aromatic carbocycles. The first-order chi connectivity index (χ1) is 12.8. The summed E-state index contributed by atoms with van der Waals surface area (Å²) in [5.41, 5.74) is 1.74. The third-order valence-corrected chi connectivity index (χ3v) is 4.17. The molecule has 2 rings (SSSR count). The van der Waals surface area contributed by atoms with E-state index in [1.165, 1.54) is 5.56 Å². The quantitative estimate of drug-likeness (QED) is 0.594. The number of rotatable bonds is 10. The Balaban J connectivity index is 2.11. The lowest BCUT2D eigenvalue weighted by Gasteiger charge is -2.23. The molecule has 0 atom stereocenters. The first kappa shape index (κ1) is 19.5. The van der Waals surface area contributed by atoms with Gasteiger partial charge < -0.3 is 9.64 Å². The number of nitrogens with zero attached hydrogens (tertiary/aromatic N) is 2. The minimum absolute atomic E-state index is 0.0803. The number of hydrogen-bond acceptors (Lipinski definition) is 3. The molecule has 0 saturated carbocycles. The van der Waals surface area contributed by atoms with Crippen LogP contribution < -0.4 is 4.74 Å². The highest BCUT2D eigenvalue weighted by Gasteiger charge is 2.19. The van der Waals surface area contributed by atoms with Gasteiger partial charge in [-0.15, -0.1) is 0 Å². The molecule has 0 bridgehead atoms. The van der Waals surface area contributed by atoms with Crippen LogP contribution in [-0.4, -0.2) is 30.5 Å². The molecule has 136 valence electrons. The lowest BCUT2D eigenvalue weighted by molar-refractivity contribution is 0.0756. The zero-order valence-electron chi connectivity index (χ0n) is 15.4. The van der Waals surface area contributed by atoms with Gasteiger partial charge in [-0.1, -0.05) is 55.8 Å². The first-order valence-corrected chi connectivity index (χ1v) is 9.18. The summed E-state index contributed by atoms with van der Waals surface area (Å²) in [5.74, 6) is 0.538. The van der Waals surface area contributed by atoms with E-state index in [0.29, 0.717) is 37.4 Å². The molecule has 0 aliphatic carbocycles. The Morgan fingerprint density at radius 2 is 1.81 bits per heavy atom. The van der Waals surface area contributed by atoms with Crippen molar-refractivity contribution in [2.75, 3.05) is 19.7 Å². The van der Waals surface area contributed by atoms with E-state index in [1.807, 2.05) is 36.4 Å². The normalized spacial score (nSPS) is 10.2. The summed E-state index contributed by atoms with van der Waals surface area (Å²) in [4.78, 5) is 14.8. The zero-order valence-corrected chi connectivity index (χ0v) is 15.4. The summed E-state index contributed by atoms with van der Waals surface area (Å²) in [5, 5.41) is 8.94. The highest BCUT2D eigenvalue weighted by Crippen LogP contribution is 2.21. The van der Waals surface area contributed by atoms with Crippen molar-refractivity contribution in [3.8, 4) is 11.8 Å². The summed E-state index contributed by atoms with van der Waals surface area (Å²) in [6, 6.07) is 19.6. The maximum absolute atomic E-state index is 13.1. The van der Waals surface area contributed by atoms with Crippen LogP contribution in [0, 0.1) is 11.3 Å². The molecule has 0 aliphatic rings. The molecule has 0 aromatic heterocycles. The molecule has 4 nitrogen and oxygen atoms in total. The van der Waals surface area contributed by atoms with Crippen LogP contribution in [0.25, 0.3) is 0 Å². The summed E-state index contributed by atoms with van der Waals surface area (Å²) in [6.45, 7) is 3.70. The van der Waals surface area contributed by atoms with E-state index < -0.39 is 0 Å². The monoisotopic (exact) mass is 350 g/mol. The average Bonchev–Trinajstić information content (AvgIpc) is 2.69. The van der Waals surface area contributed by atoms with Crippen molar-refractivity contribution < 1.29 is 9.53 Å². The Morgan fingerprint density at radius 1 is 1.08 bits per heavy atom. The van der Waals surface area contributed by atoms with Gasteiger partial charge in [-0.3, -0.25) is 4.79 Å². The van der Waals surface area contributed by atoms with Crippen molar-refractivity contribution >= 4 is 5.91 Å². The Bertz CT molecular complexity index is 722. The Morgan fingerprint density at radius 3 is 2.54 bits per heavy atom. The second kappa shape index (κ2) is 10.9. The number of para-hydroxylation sites is 1. The van der Waals surface area contributed by atoms with Gasteiger partial charge in [0.1, 0.15) is 5.75 Å². The fourth-order valence-corrected chi connectivity index (χ4v) is 2.67. The van der Waals surface area contributed by atoms with Gasteiger partial charge in [-0.05, 0) is 30.5 Å². The highest BCUT2D eigenvalue weighted by molar-refractivity contribution is 5.97. The maximum atomic E-state index is 13.1. The smallest absolute Gasteiger partial charge is 0.257 e. The first-order valence-electron chi connectivity index (χ1n) is 9.18. The van der Waals surface area contributed by atoms with E-state index in [-0.39, 0.29) is 5.91 Å². The van der Waals surface area contributed by atoms with Crippen LogP contribution in [0.1, 0.15) is 42.1 Å². The molecule has 2 aromatic rings. The number of hydrogen-bond donors (Lipinski definition) is 0. The molecule has 26 heavy (non-hydrogen) atoms. The van der Waals surface area contributed by atoms with E-state index in [2.05, 4.69) is 25.1 Å². The van der Waals surface area contributed by atoms with E-state index >= 15 is 0 Å². The van der Waals surface area contributed by atoms with Crippen LogP contribution in [0.3, 0.4) is 0 Å². The molecule has 0 spiro atoms. The number of unbranched alkanes of at least 4 members (excludes halogenated alkanes) is 1.